The van der Waals surface area contributed by atoms with Gasteiger partial charge in [-0.15, -0.1) is 0 Å². The summed E-state index contributed by atoms with van der Waals surface area (Å²) in [5.41, 5.74) is 0. The van der Waals surface area contributed by atoms with Gasteiger partial charge in [-0.25, -0.2) is 0 Å². The quantitative estimate of drug-likeness (QED) is 0.404. The van der Waals surface area contributed by atoms with E-state index in [2.05, 4.69) is 0 Å². The molecule has 0 amide bonds. The Kier molecular flexibility index (Phi) is 1.95. The number of nitrogens with zero attached hydrogens (tertiary/aromatic N) is 2. The summed E-state index contributed by atoms with van der Waals surface area (Å²) in [6.45, 7) is 0. The average molecular weight is 92.0 g/mol. The van der Waals surface area contributed by atoms with Crippen LogP contribution < -0.4 is 0 Å². The van der Waals surface area contributed by atoms with Crippen LogP contribution in [0, 0.1) is 20.8 Å². The number of hydrogen-bond acceptors (Lipinski definition) is 6. The SMILES string of the molecule is [O-]N([O-])N([O-])[O-]. The highest BCUT2D eigenvalue weighted by Gasteiger charge is 1.46. The van der Waals surface area contributed by atoms with E-state index in [9.17, 15) is 0 Å². The van der Waals surface area contributed by atoms with Crippen LogP contribution in [0.2, 0.25) is 0 Å². The minimum absolute atomic E-state index is 1.61. The predicted molar refractivity (Wildman–Crippen MR) is 17.1 cm³/mol. The maximum absolute atomic E-state index is 8.81. The maximum Gasteiger partial charge on any atom is -0.430 e. The Morgan fingerprint density at radius 1 is 0.667 bits per heavy atom. The average Bonchev–Trinajstić information content (AvgIpc) is 1.36. The lowest BCUT2D eigenvalue weighted by atomic mass is 12.4. The van der Waals surface area contributed by atoms with Crippen molar-refractivity contribution in [2.24, 2.45) is 0 Å². The normalized spacial score (nSPS) is 11.0. The Bertz CT molecular complexity index is 26.5. The predicted octanol–water partition coefficient (Wildman–Crippen LogP) is -0.503. The Morgan fingerprint density at radius 2 is 0.833 bits per heavy atom. The topological polar surface area (TPSA) is 98.7 Å². The van der Waals surface area contributed by atoms with Gasteiger partial charge in [0.05, 0.1) is 0 Å². The first kappa shape index (κ1) is 5.76. The molecule has 0 unspecified atom stereocenters. The molecule has 0 saturated heterocycles. The van der Waals surface area contributed by atoms with Crippen LogP contribution in [0.1, 0.15) is 0 Å². The van der Waals surface area contributed by atoms with E-state index >= 15 is 0 Å². The first-order chi connectivity index (χ1) is 2.64. The molecule has 0 atom stereocenters. The molecule has 38 valence electrons. The van der Waals surface area contributed by atoms with E-state index < -0.39 is 10.7 Å². The highest BCUT2D eigenvalue weighted by atomic mass is 17.0. The van der Waals surface area contributed by atoms with Crippen molar-refractivity contribution >= 4 is 0 Å². The molecule has 6 heteroatoms. The molecule has 0 bridgehead atoms. The third kappa shape index (κ3) is 2.03. The molecule has 0 aliphatic heterocycles. The highest BCUT2D eigenvalue weighted by molar-refractivity contribution is 4.54. The summed E-state index contributed by atoms with van der Waals surface area (Å²) in [4.78, 5) is 0. The lowest BCUT2D eigenvalue weighted by Crippen LogP contribution is -2.21. The van der Waals surface area contributed by atoms with E-state index in [0.717, 1.165) is 0 Å². The van der Waals surface area contributed by atoms with Crippen molar-refractivity contribution in [1.29, 1.82) is 0 Å². The van der Waals surface area contributed by atoms with Gasteiger partial charge in [-0.05, 0) is 0 Å². The number of hydrogen-bond donors (Lipinski definition) is 0. The molecule has 0 N–H and O–H groups in total. The van der Waals surface area contributed by atoms with Crippen LogP contribution in [-0.4, -0.2) is 10.7 Å². The van der Waals surface area contributed by atoms with E-state index in [4.69, 9.17) is 20.8 Å². The highest BCUT2D eigenvalue weighted by Crippen LogP contribution is 1.81. The summed E-state index contributed by atoms with van der Waals surface area (Å²) < 4.78 is 0. The van der Waals surface area contributed by atoms with Crippen molar-refractivity contribution in [1.82, 2.24) is 10.7 Å². The van der Waals surface area contributed by atoms with Crippen LogP contribution in [0.4, 0.5) is 0 Å². The summed E-state index contributed by atoms with van der Waals surface area (Å²) in [6, 6.07) is 0. The molecule has 0 rings (SSSR count). The van der Waals surface area contributed by atoms with Gasteiger partial charge >= 0.3 is 0 Å². The minimum atomic E-state index is -1.61. The smallest absolute Gasteiger partial charge is 0.430 e. The Balaban J connectivity index is 2.99. The molecule has 0 aromatic heterocycles. The van der Waals surface area contributed by atoms with E-state index in [1.54, 1.807) is 0 Å². The van der Waals surface area contributed by atoms with Gasteiger partial charge in [-0.1, -0.05) is 0 Å². The monoisotopic (exact) mass is 92.0 g/mol. The van der Waals surface area contributed by atoms with Crippen molar-refractivity contribution in [2.45, 2.75) is 0 Å². The zero-order chi connectivity index (χ0) is 5.15. The van der Waals surface area contributed by atoms with Gasteiger partial charge in [0.2, 0.25) is 0 Å². The fourth-order valence-corrected chi connectivity index (χ4v) is 0. The Morgan fingerprint density at radius 3 is 0.833 bits per heavy atom. The fraction of sp³-hybridized carbons (Fsp3) is 0. The molecule has 0 aliphatic carbocycles. The molecule has 0 aromatic carbocycles. The molecule has 0 fully saturated rings. The standard InChI is InChI=1S/N2O4/c3-1(4)2(5)6/q-4. The van der Waals surface area contributed by atoms with Crippen molar-refractivity contribution in [2.75, 3.05) is 0 Å². The van der Waals surface area contributed by atoms with Crippen LogP contribution in [0.5, 0.6) is 0 Å². The Hall–Kier alpha value is -0.240. The molecule has 6 heavy (non-hydrogen) atoms. The van der Waals surface area contributed by atoms with Crippen LogP contribution in [0.3, 0.4) is 0 Å². The molecule has 0 heterocycles. The van der Waals surface area contributed by atoms with Crippen LogP contribution in [0.25, 0.3) is 0 Å². The van der Waals surface area contributed by atoms with Crippen LogP contribution in [-0.2, 0) is 0 Å². The number of rotatable bonds is 1. The second kappa shape index (κ2) is 2.03. The molecular weight excluding hydrogens is 92.0 g/mol. The first-order valence-corrected chi connectivity index (χ1v) is 0.930. The van der Waals surface area contributed by atoms with Crippen molar-refractivity contribution in [3.63, 3.8) is 0 Å². The second-order valence-corrected chi connectivity index (χ2v) is 0.476. The van der Waals surface area contributed by atoms with Crippen molar-refractivity contribution in [3.05, 3.63) is 20.8 Å². The summed E-state index contributed by atoms with van der Waals surface area (Å²) in [6.07, 6.45) is 0. The molecule has 0 aliphatic rings. The summed E-state index contributed by atoms with van der Waals surface area (Å²) >= 11 is 0. The van der Waals surface area contributed by atoms with Crippen LogP contribution >= 0.6 is 0 Å². The summed E-state index contributed by atoms with van der Waals surface area (Å²) in [5, 5.41) is 32.0. The molecule has 0 spiro atoms. The Labute approximate surface area is 32.9 Å². The van der Waals surface area contributed by atoms with E-state index in [1.165, 1.54) is 0 Å². The van der Waals surface area contributed by atoms with E-state index in [-0.39, 0.29) is 0 Å². The second-order valence-electron chi connectivity index (χ2n) is 0.476. The molecule has 0 radical (unpaired) electrons. The molecule has 0 saturated carbocycles. The van der Waals surface area contributed by atoms with E-state index in [0.29, 0.717) is 0 Å². The van der Waals surface area contributed by atoms with Crippen LogP contribution in [0.15, 0.2) is 0 Å². The largest absolute Gasteiger partial charge is 0.785 e. The molecular formula is N2O4-4. The first-order valence-electron chi connectivity index (χ1n) is 0.930. The molecule has 6 nitrogen and oxygen atoms in total. The van der Waals surface area contributed by atoms with Gasteiger partial charge in [0.25, 0.3) is 0 Å². The summed E-state index contributed by atoms with van der Waals surface area (Å²) in [5.74, 6) is 0. The maximum atomic E-state index is 8.81. The van der Waals surface area contributed by atoms with Gasteiger partial charge in [-0.2, -0.15) is 0 Å². The third-order valence-electron chi connectivity index (χ3n) is 0.133. The number of hydrazine groups is 1. The van der Waals surface area contributed by atoms with Gasteiger partial charge in [0, 0.05) is 0 Å². The third-order valence-corrected chi connectivity index (χ3v) is 0.133. The van der Waals surface area contributed by atoms with Gasteiger partial charge in [0.1, 0.15) is 0 Å². The van der Waals surface area contributed by atoms with Gasteiger partial charge in [0.15, 0.2) is 0 Å². The van der Waals surface area contributed by atoms with Gasteiger partial charge in [-0.3, -0.25) is 0 Å². The fourth-order valence-electron chi connectivity index (χ4n) is 0. The lowest BCUT2D eigenvalue weighted by Gasteiger charge is -2.56. The van der Waals surface area contributed by atoms with Crippen molar-refractivity contribution in [3.8, 4) is 0 Å². The lowest BCUT2D eigenvalue weighted by molar-refractivity contribution is 0.207. The van der Waals surface area contributed by atoms with E-state index in [1.807, 2.05) is 0 Å². The zero-order valence-electron chi connectivity index (χ0n) is 2.53. The van der Waals surface area contributed by atoms with Crippen molar-refractivity contribution < 1.29 is 0 Å². The zero-order valence-corrected chi connectivity index (χ0v) is 2.53. The summed E-state index contributed by atoms with van der Waals surface area (Å²) in [7, 11) is 0. The minimum Gasteiger partial charge on any atom is -0.785 e. The van der Waals surface area contributed by atoms with Gasteiger partial charge < -0.3 is 31.5 Å². The molecule has 0 aromatic rings.